The minimum atomic E-state index is 0.564. The summed E-state index contributed by atoms with van der Waals surface area (Å²) < 4.78 is 21.0. The first kappa shape index (κ1) is 14.3. The second-order valence-electron chi connectivity index (χ2n) is 4.21. The first-order chi connectivity index (χ1) is 9.81. The van der Waals surface area contributed by atoms with Gasteiger partial charge in [-0.3, -0.25) is 0 Å². The molecule has 0 aliphatic carbocycles. The maximum absolute atomic E-state index is 5.66. The van der Waals surface area contributed by atoms with Crippen molar-refractivity contribution in [3.05, 3.63) is 42.4 Å². The van der Waals surface area contributed by atoms with Gasteiger partial charge >= 0.3 is 0 Å². The third-order valence-corrected chi connectivity index (χ3v) is 2.78. The molecule has 1 aromatic heterocycles. The number of nitrogens with one attached hydrogen (secondary N) is 1. The lowest BCUT2D eigenvalue weighted by molar-refractivity contribution is 0.307. The van der Waals surface area contributed by atoms with Gasteiger partial charge in [0, 0.05) is 36.9 Å². The lowest BCUT2D eigenvalue weighted by Crippen LogP contribution is -2.20. The Morgan fingerprint density at radius 2 is 1.75 bits per heavy atom. The molecule has 0 spiro atoms. The van der Waals surface area contributed by atoms with Crippen LogP contribution in [0.25, 0.3) is 0 Å². The molecule has 5 heteroatoms. The van der Waals surface area contributed by atoms with Crippen molar-refractivity contribution in [1.29, 1.82) is 0 Å². The van der Waals surface area contributed by atoms with Crippen LogP contribution >= 0.6 is 0 Å². The third kappa shape index (κ3) is 4.20. The highest BCUT2D eigenvalue weighted by molar-refractivity contribution is 5.41. The largest absolute Gasteiger partial charge is 0.496 e. The van der Waals surface area contributed by atoms with Gasteiger partial charge in [-0.15, -0.1) is 0 Å². The Balaban J connectivity index is 1.75. The van der Waals surface area contributed by atoms with Gasteiger partial charge in [0.2, 0.25) is 0 Å². The van der Waals surface area contributed by atoms with Crippen molar-refractivity contribution in [2.75, 3.05) is 27.4 Å². The summed E-state index contributed by atoms with van der Waals surface area (Å²) in [5, 5.41) is 3.27. The van der Waals surface area contributed by atoms with Crippen molar-refractivity contribution in [1.82, 2.24) is 5.32 Å². The first-order valence-corrected chi connectivity index (χ1v) is 6.39. The van der Waals surface area contributed by atoms with Gasteiger partial charge < -0.3 is 23.9 Å². The van der Waals surface area contributed by atoms with E-state index in [1.165, 1.54) is 0 Å². The molecule has 0 amide bonds. The Bertz CT molecular complexity index is 488. The molecule has 108 valence electrons. The van der Waals surface area contributed by atoms with Gasteiger partial charge in [-0.2, -0.15) is 0 Å². The molecule has 2 aromatic rings. The van der Waals surface area contributed by atoms with Gasteiger partial charge in [0.05, 0.1) is 26.7 Å². The van der Waals surface area contributed by atoms with Crippen LogP contribution in [0.3, 0.4) is 0 Å². The normalized spacial score (nSPS) is 10.3. The maximum atomic E-state index is 5.66. The van der Waals surface area contributed by atoms with Crippen LogP contribution in [0.5, 0.6) is 17.2 Å². The van der Waals surface area contributed by atoms with Crippen LogP contribution in [-0.2, 0) is 6.54 Å². The van der Waals surface area contributed by atoms with E-state index in [9.17, 15) is 0 Å². The molecule has 0 aliphatic rings. The van der Waals surface area contributed by atoms with Crippen LogP contribution in [0.1, 0.15) is 5.56 Å². The van der Waals surface area contributed by atoms with Gasteiger partial charge in [0.1, 0.15) is 23.9 Å². The lowest BCUT2D eigenvalue weighted by atomic mass is 10.3. The predicted octanol–water partition coefficient (Wildman–Crippen LogP) is 2.47. The number of methoxy groups -OCH3 is 2. The standard InChI is InChI=1S/C15H19NO4/c1-17-13-7-14(18-2)9-15(8-13)20-6-4-16-10-12-3-5-19-11-12/h3,5,7-9,11,16H,4,6,10H2,1-2H3. The van der Waals surface area contributed by atoms with Gasteiger partial charge in [-0.05, 0) is 6.07 Å². The van der Waals surface area contributed by atoms with Crippen LogP contribution in [0.2, 0.25) is 0 Å². The molecule has 0 saturated heterocycles. The lowest BCUT2D eigenvalue weighted by Gasteiger charge is -2.10. The van der Waals surface area contributed by atoms with Gasteiger partial charge in [-0.1, -0.05) is 0 Å². The van der Waals surface area contributed by atoms with E-state index in [0.29, 0.717) is 18.1 Å². The second-order valence-corrected chi connectivity index (χ2v) is 4.21. The average molecular weight is 277 g/mol. The van der Waals surface area contributed by atoms with E-state index in [2.05, 4.69) is 5.32 Å². The van der Waals surface area contributed by atoms with Gasteiger partial charge in [0.25, 0.3) is 0 Å². The SMILES string of the molecule is COc1cc(OC)cc(OCCNCc2ccoc2)c1. The summed E-state index contributed by atoms with van der Waals surface area (Å²) in [5.41, 5.74) is 1.12. The Morgan fingerprint density at radius 3 is 2.35 bits per heavy atom. The molecular formula is C15H19NO4. The van der Waals surface area contributed by atoms with Crippen LogP contribution in [-0.4, -0.2) is 27.4 Å². The molecule has 1 heterocycles. The van der Waals surface area contributed by atoms with E-state index in [0.717, 1.165) is 24.4 Å². The Morgan fingerprint density at radius 1 is 1.05 bits per heavy atom. The molecule has 20 heavy (non-hydrogen) atoms. The highest BCUT2D eigenvalue weighted by atomic mass is 16.5. The molecule has 2 rings (SSSR count). The number of hydrogen-bond donors (Lipinski definition) is 1. The van der Waals surface area contributed by atoms with Crippen LogP contribution in [0, 0.1) is 0 Å². The topological polar surface area (TPSA) is 52.9 Å². The summed E-state index contributed by atoms with van der Waals surface area (Å²) in [6, 6.07) is 7.40. The summed E-state index contributed by atoms with van der Waals surface area (Å²) in [6.45, 7) is 2.07. The Labute approximate surface area is 118 Å². The highest BCUT2D eigenvalue weighted by Gasteiger charge is 2.02. The fraction of sp³-hybridized carbons (Fsp3) is 0.333. The van der Waals surface area contributed by atoms with Crippen molar-refractivity contribution in [2.24, 2.45) is 0 Å². The fourth-order valence-corrected chi connectivity index (χ4v) is 1.73. The second kappa shape index (κ2) is 7.45. The molecule has 0 aliphatic heterocycles. The Hall–Kier alpha value is -2.14. The van der Waals surface area contributed by atoms with Crippen molar-refractivity contribution in [3.63, 3.8) is 0 Å². The van der Waals surface area contributed by atoms with Crippen LogP contribution in [0.15, 0.2) is 41.2 Å². The Kier molecular flexibility index (Phi) is 5.32. The van der Waals surface area contributed by atoms with Gasteiger partial charge in [-0.25, -0.2) is 0 Å². The smallest absolute Gasteiger partial charge is 0.126 e. The van der Waals surface area contributed by atoms with Crippen LogP contribution in [0.4, 0.5) is 0 Å². The molecule has 0 saturated carbocycles. The number of furan rings is 1. The quantitative estimate of drug-likeness (QED) is 0.751. The first-order valence-electron chi connectivity index (χ1n) is 6.39. The van der Waals surface area contributed by atoms with E-state index in [4.69, 9.17) is 18.6 Å². The number of benzene rings is 1. The summed E-state index contributed by atoms with van der Waals surface area (Å²) >= 11 is 0. The van der Waals surface area contributed by atoms with E-state index >= 15 is 0 Å². The predicted molar refractivity (Wildman–Crippen MR) is 75.5 cm³/mol. The number of hydrogen-bond acceptors (Lipinski definition) is 5. The highest BCUT2D eigenvalue weighted by Crippen LogP contribution is 2.27. The molecule has 1 aromatic carbocycles. The van der Waals surface area contributed by atoms with E-state index in [1.54, 1.807) is 26.7 Å². The summed E-state index contributed by atoms with van der Waals surface area (Å²) in [7, 11) is 3.23. The third-order valence-electron chi connectivity index (χ3n) is 2.78. The fourth-order valence-electron chi connectivity index (χ4n) is 1.73. The molecule has 0 unspecified atom stereocenters. The molecule has 0 fully saturated rings. The summed E-state index contributed by atoms with van der Waals surface area (Å²) in [6.07, 6.45) is 3.39. The molecule has 0 radical (unpaired) electrons. The van der Waals surface area contributed by atoms with E-state index in [-0.39, 0.29) is 0 Å². The summed E-state index contributed by atoms with van der Waals surface area (Å²) in [5.74, 6) is 2.16. The molecule has 1 N–H and O–H groups in total. The maximum Gasteiger partial charge on any atom is 0.126 e. The zero-order chi connectivity index (χ0) is 14.2. The average Bonchev–Trinajstić information content (AvgIpc) is 2.99. The number of rotatable bonds is 8. The van der Waals surface area contributed by atoms with Crippen molar-refractivity contribution < 1.29 is 18.6 Å². The molecular weight excluding hydrogens is 258 g/mol. The molecule has 0 bridgehead atoms. The van der Waals surface area contributed by atoms with Crippen molar-refractivity contribution >= 4 is 0 Å². The monoisotopic (exact) mass is 277 g/mol. The zero-order valence-corrected chi connectivity index (χ0v) is 11.7. The summed E-state index contributed by atoms with van der Waals surface area (Å²) in [4.78, 5) is 0. The minimum Gasteiger partial charge on any atom is -0.496 e. The van der Waals surface area contributed by atoms with E-state index < -0.39 is 0 Å². The van der Waals surface area contributed by atoms with Crippen molar-refractivity contribution in [3.8, 4) is 17.2 Å². The zero-order valence-electron chi connectivity index (χ0n) is 11.7. The minimum absolute atomic E-state index is 0.564. The molecule has 5 nitrogen and oxygen atoms in total. The van der Waals surface area contributed by atoms with E-state index in [1.807, 2.05) is 24.3 Å². The van der Waals surface area contributed by atoms with Crippen molar-refractivity contribution in [2.45, 2.75) is 6.54 Å². The molecule has 0 atom stereocenters. The van der Waals surface area contributed by atoms with Crippen LogP contribution < -0.4 is 19.5 Å². The van der Waals surface area contributed by atoms with Gasteiger partial charge in [0.15, 0.2) is 0 Å². The number of ether oxygens (including phenoxy) is 3.